The van der Waals surface area contributed by atoms with Crippen LogP contribution in [0.5, 0.6) is 0 Å². The third-order valence-electron chi connectivity index (χ3n) is 5.27. The molecule has 1 atom stereocenters. The Morgan fingerprint density at radius 1 is 1.11 bits per heavy atom. The Morgan fingerprint density at radius 2 is 1.86 bits per heavy atom. The third-order valence-corrected chi connectivity index (χ3v) is 5.50. The lowest BCUT2D eigenvalue weighted by Crippen LogP contribution is -2.49. The Kier molecular flexibility index (Phi) is 9.62. The van der Waals surface area contributed by atoms with Crippen molar-refractivity contribution < 1.29 is 9.59 Å². The summed E-state index contributed by atoms with van der Waals surface area (Å²) in [7, 11) is 0. The minimum absolute atomic E-state index is 0.0195. The van der Waals surface area contributed by atoms with Gasteiger partial charge in [0, 0.05) is 55.8 Å². The number of unbranched alkanes of at least 4 members (excludes halogenated alkanes) is 3. The molecule has 1 saturated heterocycles. The number of piperazine rings is 1. The molecule has 0 radical (unpaired) electrons. The standard InChI is InChI=1S/C22H34ClN3O2/c1-3-4-5-6-8-18(2)24-21(27)11-12-22(28)26-15-13-25(14-16-26)20-10-7-9-19(23)17-20/h7,9-10,17-18H,3-6,8,11-16H2,1-2H3,(H,24,27)/t18-/m0/s1. The van der Waals surface area contributed by atoms with E-state index in [0.717, 1.165) is 36.6 Å². The van der Waals surface area contributed by atoms with E-state index in [4.69, 9.17) is 11.6 Å². The molecule has 28 heavy (non-hydrogen) atoms. The first-order valence-electron chi connectivity index (χ1n) is 10.6. The van der Waals surface area contributed by atoms with E-state index in [0.29, 0.717) is 13.1 Å². The summed E-state index contributed by atoms with van der Waals surface area (Å²) in [6.45, 7) is 7.17. The number of carbonyl (C=O) groups is 2. The minimum atomic E-state index is -0.0195. The summed E-state index contributed by atoms with van der Waals surface area (Å²) < 4.78 is 0. The lowest BCUT2D eigenvalue weighted by Gasteiger charge is -2.36. The molecule has 1 aromatic rings. The predicted molar refractivity (Wildman–Crippen MR) is 116 cm³/mol. The number of rotatable bonds is 10. The van der Waals surface area contributed by atoms with Crippen molar-refractivity contribution >= 4 is 29.1 Å². The maximum Gasteiger partial charge on any atom is 0.223 e. The van der Waals surface area contributed by atoms with Crippen molar-refractivity contribution in [3.8, 4) is 0 Å². The van der Waals surface area contributed by atoms with Crippen LogP contribution in [0.15, 0.2) is 24.3 Å². The molecule has 0 aromatic heterocycles. The fraction of sp³-hybridized carbons (Fsp3) is 0.636. The molecule has 1 aliphatic heterocycles. The van der Waals surface area contributed by atoms with E-state index in [9.17, 15) is 9.59 Å². The number of hydrogen-bond acceptors (Lipinski definition) is 3. The molecule has 0 unspecified atom stereocenters. The second-order valence-corrected chi connectivity index (χ2v) is 8.10. The van der Waals surface area contributed by atoms with Crippen molar-refractivity contribution in [2.45, 2.75) is 64.8 Å². The highest BCUT2D eigenvalue weighted by molar-refractivity contribution is 6.30. The van der Waals surface area contributed by atoms with Crippen LogP contribution in [-0.4, -0.2) is 48.9 Å². The van der Waals surface area contributed by atoms with Crippen LogP contribution in [0.2, 0.25) is 5.02 Å². The van der Waals surface area contributed by atoms with Gasteiger partial charge in [0.1, 0.15) is 0 Å². The number of benzene rings is 1. The van der Waals surface area contributed by atoms with E-state index in [-0.39, 0.29) is 30.7 Å². The van der Waals surface area contributed by atoms with Crippen LogP contribution in [0, 0.1) is 0 Å². The van der Waals surface area contributed by atoms with Gasteiger partial charge in [0.2, 0.25) is 11.8 Å². The molecule has 1 N–H and O–H groups in total. The van der Waals surface area contributed by atoms with E-state index in [1.807, 2.05) is 36.1 Å². The number of carbonyl (C=O) groups excluding carboxylic acids is 2. The molecular weight excluding hydrogens is 374 g/mol. The molecule has 6 heteroatoms. The largest absolute Gasteiger partial charge is 0.368 e. The summed E-state index contributed by atoms with van der Waals surface area (Å²) in [6.07, 6.45) is 6.39. The van der Waals surface area contributed by atoms with Crippen molar-refractivity contribution in [1.82, 2.24) is 10.2 Å². The first-order valence-corrected chi connectivity index (χ1v) is 10.9. The maximum absolute atomic E-state index is 12.4. The molecule has 0 spiro atoms. The SMILES string of the molecule is CCCCCC[C@H](C)NC(=O)CCC(=O)N1CCN(c2cccc(Cl)c2)CC1. The molecule has 0 saturated carbocycles. The lowest BCUT2D eigenvalue weighted by molar-refractivity contribution is -0.134. The van der Waals surface area contributed by atoms with Gasteiger partial charge in [0.15, 0.2) is 0 Å². The molecule has 2 amide bonds. The fourth-order valence-electron chi connectivity index (χ4n) is 3.56. The number of nitrogens with zero attached hydrogens (tertiary/aromatic N) is 2. The number of nitrogens with one attached hydrogen (secondary N) is 1. The minimum Gasteiger partial charge on any atom is -0.368 e. The van der Waals surface area contributed by atoms with E-state index in [1.54, 1.807) is 0 Å². The van der Waals surface area contributed by atoms with Crippen molar-refractivity contribution in [3.05, 3.63) is 29.3 Å². The summed E-state index contributed by atoms with van der Waals surface area (Å²) >= 11 is 6.06. The zero-order valence-electron chi connectivity index (χ0n) is 17.3. The highest BCUT2D eigenvalue weighted by Crippen LogP contribution is 2.21. The maximum atomic E-state index is 12.4. The van der Waals surface area contributed by atoms with Crippen LogP contribution in [0.4, 0.5) is 5.69 Å². The molecule has 5 nitrogen and oxygen atoms in total. The zero-order chi connectivity index (χ0) is 20.4. The highest BCUT2D eigenvalue weighted by atomic mass is 35.5. The van der Waals surface area contributed by atoms with Crippen LogP contribution in [0.1, 0.15) is 58.8 Å². The van der Waals surface area contributed by atoms with Gasteiger partial charge in [-0.2, -0.15) is 0 Å². The van der Waals surface area contributed by atoms with Gasteiger partial charge in [0.25, 0.3) is 0 Å². The number of hydrogen-bond donors (Lipinski definition) is 1. The predicted octanol–water partition coefficient (Wildman–Crippen LogP) is 4.24. The van der Waals surface area contributed by atoms with Crippen LogP contribution < -0.4 is 10.2 Å². The fourth-order valence-corrected chi connectivity index (χ4v) is 3.75. The van der Waals surface area contributed by atoms with Gasteiger partial charge in [-0.25, -0.2) is 0 Å². The summed E-state index contributed by atoms with van der Waals surface area (Å²) in [4.78, 5) is 28.6. The van der Waals surface area contributed by atoms with E-state index in [1.165, 1.54) is 19.3 Å². The second kappa shape index (κ2) is 11.9. The van der Waals surface area contributed by atoms with Crippen molar-refractivity contribution in [2.24, 2.45) is 0 Å². The monoisotopic (exact) mass is 407 g/mol. The zero-order valence-corrected chi connectivity index (χ0v) is 18.0. The Bertz CT molecular complexity index is 630. The molecule has 1 aromatic carbocycles. The average molecular weight is 408 g/mol. The van der Waals surface area contributed by atoms with Gasteiger partial charge in [-0.05, 0) is 31.5 Å². The first-order chi connectivity index (χ1) is 13.5. The quantitative estimate of drug-likeness (QED) is 0.590. The van der Waals surface area contributed by atoms with Crippen LogP contribution in [0.25, 0.3) is 0 Å². The number of halogens is 1. The lowest BCUT2D eigenvalue weighted by atomic mass is 10.1. The van der Waals surface area contributed by atoms with E-state index in [2.05, 4.69) is 17.1 Å². The molecule has 1 fully saturated rings. The van der Waals surface area contributed by atoms with Gasteiger partial charge in [-0.3, -0.25) is 9.59 Å². The summed E-state index contributed by atoms with van der Waals surface area (Å²) in [5, 5.41) is 3.74. The van der Waals surface area contributed by atoms with Gasteiger partial charge in [0.05, 0.1) is 0 Å². The molecule has 1 heterocycles. The number of amides is 2. The van der Waals surface area contributed by atoms with Crippen molar-refractivity contribution in [1.29, 1.82) is 0 Å². The van der Waals surface area contributed by atoms with E-state index < -0.39 is 0 Å². The molecule has 156 valence electrons. The molecule has 1 aliphatic rings. The summed E-state index contributed by atoms with van der Waals surface area (Å²) in [5.41, 5.74) is 1.09. The highest BCUT2D eigenvalue weighted by Gasteiger charge is 2.22. The number of anilines is 1. The van der Waals surface area contributed by atoms with Crippen LogP contribution in [0.3, 0.4) is 0 Å². The Hall–Kier alpha value is -1.75. The Balaban J connectivity index is 1.65. The molecule has 0 aliphatic carbocycles. The third kappa shape index (κ3) is 7.70. The topological polar surface area (TPSA) is 52.7 Å². The Labute approximate surface area is 174 Å². The summed E-state index contributed by atoms with van der Waals surface area (Å²) in [6, 6.07) is 7.98. The van der Waals surface area contributed by atoms with Gasteiger partial charge in [-0.15, -0.1) is 0 Å². The average Bonchev–Trinajstić information content (AvgIpc) is 2.69. The molecular formula is C22H34ClN3O2. The van der Waals surface area contributed by atoms with Crippen molar-refractivity contribution in [3.63, 3.8) is 0 Å². The van der Waals surface area contributed by atoms with Gasteiger partial charge >= 0.3 is 0 Å². The molecule has 2 rings (SSSR count). The Morgan fingerprint density at radius 3 is 2.54 bits per heavy atom. The smallest absolute Gasteiger partial charge is 0.223 e. The van der Waals surface area contributed by atoms with Crippen molar-refractivity contribution in [2.75, 3.05) is 31.1 Å². The van der Waals surface area contributed by atoms with Gasteiger partial charge < -0.3 is 15.1 Å². The summed E-state index contributed by atoms with van der Waals surface area (Å²) in [5.74, 6) is 0.0467. The van der Waals surface area contributed by atoms with E-state index >= 15 is 0 Å². The first kappa shape index (κ1) is 22.5. The van der Waals surface area contributed by atoms with Crippen LogP contribution in [-0.2, 0) is 9.59 Å². The van der Waals surface area contributed by atoms with Crippen LogP contribution >= 0.6 is 11.6 Å². The second-order valence-electron chi connectivity index (χ2n) is 7.67. The van der Waals surface area contributed by atoms with Gasteiger partial charge in [-0.1, -0.05) is 50.3 Å². The normalized spacial score (nSPS) is 15.4. The molecule has 0 bridgehead atoms.